The van der Waals surface area contributed by atoms with Crippen molar-refractivity contribution in [2.24, 2.45) is 5.41 Å². The maximum atomic E-state index is 13.8. The first-order valence-corrected chi connectivity index (χ1v) is 5.23. The van der Waals surface area contributed by atoms with Crippen LogP contribution in [0.25, 0.3) is 0 Å². The Balaban J connectivity index is 3.34. The van der Waals surface area contributed by atoms with Crippen molar-refractivity contribution >= 4 is 17.4 Å². The molecule has 0 heterocycles. The van der Waals surface area contributed by atoms with Gasteiger partial charge in [-0.15, -0.1) is 0 Å². The average Bonchev–Trinajstić information content (AvgIpc) is 2.18. The van der Waals surface area contributed by atoms with Crippen molar-refractivity contribution in [3.8, 4) is 5.75 Å². The summed E-state index contributed by atoms with van der Waals surface area (Å²) in [6, 6.07) is 2.67. The van der Waals surface area contributed by atoms with E-state index in [-0.39, 0.29) is 22.1 Å². The van der Waals surface area contributed by atoms with E-state index in [4.69, 9.17) is 16.3 Å². The Labute approximate surface area is 99.4 Å². The fourth-order valence-corrected chi connectivity index (χ4v) is 1.49. The summed E-state index contributed by atoms with van der Waals surface area (Å²) in [5, 5.41) is 0.283. The van der Waals surface area contributed by atoms with Crippen LogP contribution in [0.5, 0.6) is 5.75 Å². The molecule has 88 valence electrons. The van der Waals surface area contributed by atoms with Gasteiger partial charge in [0.1, 0.15) is 0 Å². The first-order valence-electron chi connectivity index (χ1n) is 4.85. The van der Waals surface area contributed by atoms with Gasteiger partial charge in [-0.05, 0) is 6.07 Å². The Morgan fingerprint density at radius 1 is 1.38 bits per heavy atom. The second-order valence-electron chi connectivity index (χ2n) is 4.55. The Morgan fingerprint density at radius 3 is 2.38 bits per heavy atom. The van der Waals surface area contributed by atoms with Gasteiger partial charge in [0.2, 0.25) is 0 Å². The van der Waals surface area contributed by atoms with Gasteiger partial charge < -0.3 is 4.74 Å². The lowest BCUT2D eigenvalue weighted by atomic mass is 9.86. The first-order chi connectivity index (χ1) is 7.27. The standard InChI is InChI=1S/C12H14ClFO2/c1-12(2,3)11(15)8-5-7(13)6-9(16-4)10(8)14/h5-6H,1-4H3. The zero-order valence-corrected chi connectivity index (χ0v) is 10.5. The number of carbonyl (C=O) groups excluding carboxylic acids is 1. The molecule has 0 fully saturated rings. The van der Waals surface area contributed by atoms with Crippen LogP contribution in [0.1, 0.15) is 31.1 Å². The van der Waals surface area contributed by atoms with Crippen molar-refractivity contribution < 1.29 is 13.9 Å². The van der Waals surface area contributed by atoms with Gasteiger partial charge in [-0.3, -0.25) is 4.79 Å². The summed E-state index contributed by atoms with van der Waals surface area (Å²) in [6.45, 7) is 5.17. The zero-order chi connectivity index (χ0) is 12.5. The number of carbonyl (C=O) groups is 1. The van der Waals surface area contributed by atoms with E-state index in [1.165, 1.54) is 19.2 Å². The molecule has 0 aliphatic carbocycles. The van der Waals surface area contributed by atoms with E-state index in [1.807, 2.05) is 0 Å². The summed E-state index contributed by atoms with van der Waals surface area (Å²) in [4.78, 5) is 12.0. The zero-order valence-electron chi connectivity index (χ0n) is 9.73. The highest BCUT2D eigenvalue weighted by molar-refractivity contribution is 6.31. The average molecular weight is 245 g/mol. The maximum Gasteiger partial charge on any atom is 0.175 e. The minimum absolute atomic E-state index is 0.0138. The Kier molecular flexibility index (Phi) is 3.58. The third-order valence-electron chi connectivity index (χ3n) is 2.15. The summed E-state index contributed by atoms with van der Waals surface area (Å²) in [6.07, 6.45) is 0. The molecule has 0 saturated heterocycles. The summed E-state index contributed by atoms with van der Waals surface area (Å²) in [5.41, 5.74) is -0.687. The number of hydrogen-bond acceptors (Lipinski definition) is 2. The number of ether oxygens (including phenoxy) is 1. The molecule has 0 aliphatic rings. The Bertz CT molecular complexity index is 422. The molecule has 0 spiro atoms. The predicted molar refractivity (Wildman–Crippen MR) is 61.7 cm³/mol. The second-order valence-corrected chi connectivity index (χ2v) is 4.99. The number of halogens is 2. The van der Waals surface area contributed by atoms with E-state index < -0.39 is 11.2 Å². The van der Waals surface area contributed by atoms with Gasteiger partial charge in [-0.25, -0.2) is 4.39 Å². The lowest BCUT2D eigenvalue weighted by Crippen LogP contribution is -2.21. The number of methoxy groups -OCH3 is 1. The number of hydrogen-bond donors (Lipinski definition) is 0. The van der Waals surface area contributed by atoms with Gasteiger partial charge in [0.25, 0.3) is 0 Å². The highest BCUT2D eigenvalue weighted by Gasteiger charge is 2.27. The molecular formula is C12H14ClFO2. The first kappa shape index (κ1) is 13.0. The van der Waals surface area contributed by atoms with Gasteiger partial charge in [-0.1, -0.05) is 32.4 Å². The van der Waals surface area contributed by atoms with Crippen LogP contribution >= 0.6 is 11.6 Å². The van der Waals surface area contributed by atoms with Crippen LogP contribution in [0, 0.1) is 11.2 Å². The third-order valence-corrected chi connectivity index (χ3v) is 2.37. The van der Waals surface area contributed by atoms with Crippen molar-refractivity contribution in [1.29, 1.82) is 0 Å². The fourth-order valence-electron chi connectivity index (χ4n) is 1.28. The van der Waals surface area contributed by atoms with Crippen molar-refractivity contribution in [3.05, 3.63) is 28.5 Å². The number of Topliss-reactive ketones (excluding diaryl/α,β-unsaturated/α-hetero) is 1. The smallest absolute Gasteiger partial charge is 0.175 e. The SMILES string of the molecule is COc1cc(Cl)cc(C(=O)C(C)(C)C)c1F. The van der Waals surface area contributed by atoms with E-state index in [9.17, 15) is 9.18 Å². The van der Waals surface area contributed by atoms with Crippen LogP contribution in [-0.4, -0.2) is 12.9 Å². The molecule has 0 N–H and O–H groups in total. The molecule has 16 heavy (non-hydrogen) atoms. The molecule has 1 rings (SSSR count). The number of ketones is 1. The number of benzene rings is 1. The summed E-state index contributed by atoms with van der Waals surface area (Å²) in [7, 11) is 1.33. The minimum Gasteiger partial charge on any atom is -0.494 e. The lowest BCUT2D eigenvalue weighted by Gasteiger charge is -2.18. The maximum absolute atomic E-state index is 13.8. The van der Waals surface area contributed by atoms with Gasteiger partial charge in [0.15, 0.2) is 17.3 Å². The molecule has 0 atom stereocenters. The van der Waals surface area contributed by atoms with Crippen molar-refractivity contribution in [1.82, 2.24) is 0 Å². The van der Waals surface area contributed by atoms with E-state index in [0.29, 0.717) is 0 Å². The van der Waals surface area contributed by atoms with Gasteiger partial charge in [0, 0.05) is 16.5 Å². The van der Waals surface area contributed by atoms with E-state index >= 15 is 0 Å². The molecule has 0 aliphatic heterocycles. The van der Waals surface area contributed by atoms with Crippen LogP contribution < -0.4 is 4.74 Å². The van der Waals surface area contributed by atoms with Gasteiger partial charge in [-0.2, -0.15) is 0 Å². The Hall–Kier alpha value is -1.09. The quantitative estimate of drug-likeness (QED) is 0.742. The van der Waals surface area contributed by atoms with Crippen LogP contribution in [0.2, 0.25) is 5.02 Å². The van der Waals surface area contributed by atoms with E-state index in [1.54, 1.807) is 20.8 Å². The lowest BCUT2D eigenvalue weighted by molar-refractivity contribution is 0.0853. The minimum atomic E-state index is -0.660. The molecule has 1 aromatic rings. The molecule has 2 nitrogen and oxygen atoms in total. The predicted octanol–water partition coefficient (Wildman–Crippen LogP) is 3.72. The van der Waals surface area contributed by atoms with Gasteiger partial charge >= 0.3 is 0 Å². The molecule has 0 saturated carbocycles. The third kappa shape index (κ3) is 2.53. The van der Waals surface area contributed by atoms with Crippen LogP contribution in [-0.2, 0) is 0 Å². The van der Waals surface area contributed by atoms with Crippen LogP contribution in [0.15, 0.2) is 12.1 Å². The molecule has 0 amide bonds. The molecule has 0 aromatic heterocycles. The highest BCUT2D eigenvalue weighted by Crippen LogP contribution is 2.30. The molecule has 0 bridgehead atoms. The van der Waals surface area contributed by atoms with Gasteiger partial charge in [0.05, 0.1) is 12.7 Å². The molecule has 0 unspecified atom stereocenters. The van der Waals surface area contributed by atoms with Crippen molar-refractivity contribution in [2.45, 2.75) is 20.8 Å². The molecule has 4 heteroatoms. The molecule has 1 aromatic carbocycles. The molecular weight excluding hydrogens is 231 g/mol. The van der Waals surface area contributed by atoms with Crippen molar-refractivity contribution in [3.63, 3.8) is 0 Å². The summed E-state index contributed by atoms with van der Waals surface area (Å²) in [5.74, 6) is -0.974. The molecule has 0 radical (unpaired) electrons. The van der Waals surface area contributed by atoms with Crippen LogP contribution in [0.3, 0.4) is 0 Å². The van der Waals surface area contributed by atoms with Crippen molar-refractivity contribution in [2.75, 3.05) is 7.11 Å². The van der Waals surface area contributed by atoms with E-state index in [0.717, 1.165) is 0 Å². The fraction of sp³-hybridized carbons (Fsp3) is 0.417. The Morgan fingerprint density at radius 2 is 1.94 bits per heavy atom. The number of rotatable bonds is 2. The second kappa shape index (κ2) is 4.42. The normalized spacial score (nSPS) is 11.4. The summed E-state index contributed by atoms with van der Waals surface area (Å²) < 4.78 is 18.6. The summed E-state index contributed by atoms with van der Waals surface area (Å²) >= 11 is 5.80. The largest absolute Gasteiger partial charge is 0.494 e. The van der Waals surface area contributed by atoms with E-state index in [2.05, 4.69) is 0 Å². The topological polar surface area (TPSA) is 26.3 Å². The van der Waals surface area contributed by atoms with Crippen LogP contribution in [0.4, 0.5) is 4.39 Å². The highest BCUT2D eigenvalue weighted by atomic mass is 35.5. The monoisotopic (exact) mass is 244 g/mol.